The second kappa shape index (κ2) is 2.31. The van der Waals surface area contributed by atoms with Gasteiger partial charge in [0, 0.05) is 0 Å². The van der Waals surface area contributed by atoms with E-state index < -0.39 is 0 Å². The first-order valence-corrected chi connectivity index (χ1v) is 3.92. The van der Waals surface area contributed by atoms with Gasteiger partial charge >= 0.3 is 0 Å². The molecule has 0 spiro atoms. The summed E-state index contributed by atoms with van der Waals surface area (Å²) in [6, 6.07) is 0.655. The highest BCUT2D eigenvalue weighted by molar-refractivity contribution is 4.85. The predicted molar refractivity (Wildman–Crippen MR) is 36.9 cm³/mol. The van der Waals surface area contributed by atoms with Gasteiger partial charge < -0.3 is 5.11 Å². The Bertz CT molecular complexity index is 142. The first-order chi connectivity index (χ1) is 4.84. The maximum Gasteiger partial charge on any atom is 0.0733 e. The van der Waals surface area contributed by atoms with E-state index in [0.717, 1.165) is 25.7 Å². The molecule has 0 saturated heterocycles. The topological polar surface area (TPSA) is 45.0 Å². The second-order valence-electron chi connectivity index (χ2n) is 3.24. The molecule has 0 radical (unpaired) electrons. The lowest BCUT2D eigenvalue weighted by Gasteiger charge is -2.12. The van der Waals surface area contributed by atoms with E-state index in [4.69, 9.17) is 0 Å². The molecular weight excluding hydrogens is 128 g/mol. The summed E-state index contributed by atoms with van der Waals surface area (Å²) >= 11 is 0. The third-order valence-corrected chi connectivity index (χ3v) is 2.31. The summed E-state index contributed by atoms with van der Waals surface area (Å²) in [5, 5.41) is 17.6. The van der Waals surface area contributed by atoms with Crippen molar-refractivity contribution in [2.75, 3.05) is 0 Å². The Labute approximate surface area is 60.2 Å². The van der Waals surface area contributed by atoms with Crippen molar-refractivity contribution in [3.63, 3.8) is 0 Å². The zero-order chi connectivity index (χ0) is 6.97. The van der Waals surface area contributed by atoms with Crippen LogP contribution >= 0.6 is 0 Å². The van der Waals surface area contributed by atoms with Crippen LogP contribution < -0.4 is 0 Å². The number of aliphatic hydroxyl groups excluding tert-OH is 1. The van der Waals surface area contributed by atoms with Gasteiger partial charge in [-0.3, -0.25) is 0 Å². The molecule has 1 fully saturated rings. The molecule has 2 aliphatic heterocycles. The van der Waals surface area contributed by atoms with Gasteiger partial charge in [0.05, 0.1) is 18.2 Å². The lowest BCUT2D eigenvalue weighted by molar-refractivity contribution is 0.153. The fraction of sp³-hybridized carbons (Fsp3) is 1.00. The maximum atomic E-state index is 9.35. The molecule has 3 rings (SSSR count). The van der Waals surface area contributed by atoms with Crippen LogP contribution in [-0.2, 0) is 0 Å². The highest BCUT2D eigenvalue weighted by Crippen LogP contribution is 2.27. The predicted octanol–water partition coefficient (Wildman–Crippen LogP) is 1.12. The van der Waals surface area contributed by atoms with Gasteiger partial charge in [-0.1, -0.05) is 0 Å². The fourth-order valence-corrected chi connectivity index (χ4v) is 1.74. The van der Waals surface area contributed by atoms with Crippen LogP contribution in [0.3, 0.4) is 0 Å². The molecule has 1 aliphatic carbocycles. The summed E-state index contributed by atoms with van der Waals surface area (Å²) in [6.45, 7) is 0. The zero-order valence-electron chi connectivity index (χ0n) is 5.90. The van der Waals surface area contributed by atoms with Crippen molar-refractivity contribution in [2.24, 2.45) is 10.2 Å². The minimum Gasteiger partial charge on any atom is -0.393 e. The van der Waals surface area contributed by atoms with Crippen LogP contribution in [0.5, 0.6) is 0 Å². The van der Waals surface area contributed by atoms with Crippen LogP contribution in [0.25, 0.3) is 0 Å². The molecule has 0 aromatic heterocycles. The molecule has 2 bridgehead atoms. The van der Waals surface area contributed by atoms with Crippen LogP contribution in [-0.4, -0.2) is 23.3 Å². The first kappa shape index (κ1) is 6.28. The number of aliphatic hydroxyl groups is 1. The molecule has 0 amide bonds. The number of rotatable bonds is 0. The van der Waals surface area contributed by atoms with E-state index in [1.807, 2.05) is 0 Å². The normalized spacial score (nSPS) is 45.5. The van der Waals surface area contributed by atoms with Crippen LogP contribution in [0.1, 0.15) is 25.7 Å². The van der Waals surface area contributed by atoms with E-state index >= 15 is 0 Å². The van der Waals surface area contributed by atoms with Crippen molar-refractivity contribution < 1.29 is 5.11 Å². The number of azo groups is 1. The quantitative estimate of drug-likeness (QED) is 0.538. The molecule has 0 aromatic rings. The molecule has 3 nitrogen and oxygen atoms in total. The van der Waals surface area contributed by atoms with Crippen LogP contribution in [0.15, 0.2) is 10.2 Å². The largest absolute Gasteiger partial charge is 0.393 e. The van der Waals surface area contributed by atoms with Gasteiger partial charge in [0.25, 0.3) is 0 Å². The summed E-state index contributed by atoms with van der Waals surface area (Å²) in [7, 11) is 0. The number of fused-ring (bicyclic) bond motifs is 3. The fourth-order valence-electron chi connectivity index (χ4n) is 1.74. The van der Waals surface area contributed by atoms with Crippen LogP contribution in [0, 0.1) is 0 Å². The van der Waals surface area contributed by atoms with E-state index in [-0.39, 0.29) is 6.10 Å². The third kappa shape index (κ3) is 1.06. The SMILES string of the molecule is OC1CC2CCC(C1)N=N2. The molecule has 0 aromatic carbocycles. The molecule has 2 atom stereocenters. The van der Waals surface area contributed by atoms with E-state index in [1.165, 1.54) is 0 Å². The summed E-state index contributed by atoms with van der Waals surface area (Å²) in [5.74, 6) is 0. The van der Waals surface area contributed by atoms with E-state index in [1.54, 1.807) is 0 Å². The van der Waals surface area contributed by atoms with Crippen molar-refractivity contribution in [1.29, 1.82) is 0 Å². The Hall–Kier alpha value is -0.440. The maximum absolute atomic E-state index is 9.35. The molecule has 56 valence electrons. The molecule has 3 aliphatic rings. The molecule has 3 heteroatoms. The highest BCUT2D eigenvalue weighted by atomic mass is 16.3. The Balaban J connectivity index is 2.14. The highest BCUT2D eigenvalue weighted by Gasteiger charge is 2.27. The zero-order valence-corrected chi connectivity index (χ0v) is 5.90. The van der Waals surface area contributed by atoms with Crippen molar-refractivity contribution >= 4 is 0 Å². The number of nitrogens with zero attached hydrogens (tertiary/aromatic N) is 2. The number of hydrogen-bond donors (Lipinski definition) is 1. The molecule has 10 heavy (non-hydrogen) atoms. The van der Waals surface area contributed by atoms with Gasteiger partial charge in [-0.05, 0) is 25.7 Å². The van der Waals surface area contributed by atoms with Crippen molar-refractivity contribution in [1.82, 2.24) is 0 Å². The number of hydrogen-bond acceptors (Lipinski definition) is 3. The average Bonchev–Trinajstić information content (AvgIpc) is 2.17. The Morgan fingerprint density at radius 2 is 1.50 bits per heavy atom. The molecule has 1 N–H and O–H groups in total. The first-order valence-electron chi connectivity index (χ1n) is 3.92. The van der Waals surface area contributed by atoms with Gasteiger partial charge in [0.15, 0.2) is 0 Å². The Kier molecular flexibility index (Phi) is 1.45. The minimum atomic E-state index is -0.146. The summed E-state index contributed by atoms with van der Waals surface area (Å²) in [6.07, 6.45) is 3.78. The summed E-state index contributed by atoms with van der Waals surface area (Å²) in [4.78, 5) is 0. The van der Waals surface area contributed by atoms with Gasteiger partial charge in [-0.25, -0.2) is 0 Å². The molecule has 1 saturated carbocycles. The van der Waals surface area contributed by atoms with Crippen LogP contribution in [0.2, 0.25) is 0 Å². The summed E-state index contributed by atoms with van der Waals surface area (Å²) < 4.78 is 0. The van der Waals surface area contributed by atoms with Crippen molar-refractivity contribution in [3.8, 4) is 0 Å². The Morgan fingerprint density at radius 1 is 1.00 bits per heavy atom. The van der Waals surface area contributed by atoms with Crippen molar-refractivity contribution in [2.45, 2.75) is 43.9 Å². The van der Waals surface area contributed by atoms with Gasteiger partial charge in [0.1, 0.15) is 0 Å². The van der Waals surface area contributed by atoms with E-state index in [0.29, 0.717) is 12.1 Å². The molecule has 2 unspecified atom stereocenters. The smallest absolute Gasteiger partial charge is 0.0733 e. The van der Waals surface area contributed by atoms with Gasteiger partial charge in [0.2, 0.25) is 0 Å². The van der Waals surface area contributed by atoms with Crippen LogP contribution in [0.4, 0.5) is 0 Å². The lowest BCUT2D eigenvalue weighted by Crippen LogP contribution is -2.11. The van der Waals surface area contributed by atoms with Gasteiger partial charge in [-0.2, -0.15) is 10.2 Å². The lowest BCUT2D eigenvalue weighted by atomic mass is 10.1. The average molecular weight is 140 g/mol. The van der Waals surface area contributed by atoms with E-state index in [9.17, 15) is 5.11 Å². The summed E-state index contributed by atoms with van der Waals surface area (Å²) in [5.41, 5.74) is 0. The second-order valence-corrected chi connectivity index (χ2v) is 3.24. The molecule has 2 heterocycles. The standard InChI is InChI=1S/C7H12N2O/c10-7-3-5-1-2-6(4-7)9-8-5/h5-7,10H,1-4H2. The molecular formula is C7H12N2O. The minimum absolute atomic E-state index is 0.146. The third-order valence-electron chi connectivity index (χ3n) is 2.31. The monoisotopic (exact) mass is 140 g/mol. The Morgan fingerprint density at radius 3 is 1.90 bits per heavy atom. The van der Waals surface area contributed by atoms with Gasteiger partial charge in [-0.15, -0.1) is 0 Å². The van der Waals surface area contributed by atoms with Crippen molar-refractivity contribution in [3.05, 3.63) is 0 Å². The van der Waals surface area contributed by atoms with E-state index in [2.05, 4.69) is 10.2 Å².